The molecule has 0 aliphatic carbocycles. The third-order valence-corrected chi connectivity index (χ3v) is 4.62. The predicted octanol–water partition coefficient (Wildman–Crippen LogP) is 2.77. The number of benzene rings is 1. The van der Waals surface area contributed by atoms with E-state index >= 15 is 0 Å². The van der Waals surface area contributed by atoms with E-state index in [1.165, 1.54) is 6.20 Å². The molecule has 1 N–H and O–H groups in total. The number of carbonyl (C=O) groups excluding carboxylic acids is 1. The summed E-state index contributed by atoms with van der Waals surface area (Å²) in [6.07, 6.45) is 3.12. The molecule has 0 aliphatic rings. The minimum Gasteiger partial charge on any atom is -0.497 e. The molecule has 1 amide bonds. The summed E-state index contributed by atoms with van der Waals surface area (Å²) in [6.45, 7) is 0.574. The lowest BCUT2D eigenvalue weighted by atomic mass is 10.2. The number of hydrogen-bond donors (Lipinski definition) is 1. The van der Waals surface area contributed by atoms with E-state index in [1.54, 1.807) is 36.0 Å². The maximum Gasteiger partial charge on any atom is 0.253 e. The van der Waals surface area contributed by atoms with Gasteiger partial charge in [0, 0.05) is 28.5 Å². The van der Waals surface area contributed by atoms with Crippen LogP contribution >= 0.6 is 15.9 Å². The second-order valence-electron chi connectivity index (χ2n) is 6.19. The summed E-state index contributed by atoms with van der Waals surface area (Å²) in [7, 11) is 1.62. The summed E-state index contributed by atoms with van der Waals surface area (Å²) in [4.78, 5) is 16.1. The molecular weight excluding hydrogens is 452 g/mol. The van der Waals surface area contributed by atoms with Crippen LogP contribution in [0, 0.1) is 0 Å². The van der Waals surface area contributed by atoms with E-state index in [2.05, 4.69) is 41.5 Å². The van der Waals surface area contributed by atoms with Crippen LogP contribution in [0.25, 0.3) is 17.0 Å². The zero-order chi connectivity index (χ0) is 20.9. The SMILES string of the molecule is COc1ccc(-c2nnc3ccc(OCCNC(=O)c4cncc(Br)c4)nn23)cc1. The molecule has 0 aliphatic heterocycles. The number of aromatic nitrogens is 5. The molecule has 0 radical (unpaired) electrons. The molecule has 152 valence electrons. The van der Waals surface area contributed by atoms with Crippen LogP contribution in [0.5, 0.6) is 11.6 Å². The third kappa shape index (κ3) is 4.38. The summed E-state index contributed by atoms with van der Waals surface area (Å²) in [6, 6.07) is 12.6. The zero-order valence-electron chi connectivity index (χ0n) is 15.9. The number of halogens is 1. The van der Waals surface area contributed by atoms with Crippen LogP contribution in [0.4, 0.5) is 0 Å². The number of methoxy groups -OCH3 is 1. The molecule has 0 bridgehead atoms. The van der Waals surface area contributed by atoms with Crippen molar-refractivity contribution in [1.29, 1.82) is 0 Å². The van der Waals surface area contributed by atoms with Crippen molar-refractivity contribution in [3.8, 4) is 23.0 Å². The molecule has 0 saturated heterocycles. The van der Waals surface area contributed by atoms with Gasteiger partial charge in [0.05, 0.1) is 19.2 Å². The van der Waals surface area contributed by atoms with Crippen LogP contribution < -0.4 is 14.8 Å². The number of pyridine rings is 1. The van der Waals surface area contributed by atoms with Crippen LogP contribution in [0.2, 0.25) is 0 Å². The molecule has 1 aromatic carbocycles. The number of ether oxygens (including phenoxy) is 2. The largest absolute Gasteiger partial charge is 0.497 e. The van der Waals surface area contributed by atoms with Crippen LogP contribution in [0.15, 0.2) is 59.3 Å². The first-order chi connectivity index (χ1) is 14.6. The minimum absolute atomic E-state index is 0.226. The Labute approximate surface area is 180 Å². The molecule has 4 rings (SSSR count). The average Bonchev–Trinajstić information content (AvgIpc) is 3.20. The van der Waals surface area contributed by atoms with Gasteiger partial charge in [0.1, 0.15) is 12.4 Å². The average molecular weight is 469 g/mol. The van der Waals surface area contributed by atoms with Crippen LogP contribution in [-0.4, -0.2) is 51.0 Å². The first-order valence-corrected chi connectivity index (χ1v) is 9.82. The van der Waals surface area contributed by atoms with Crippen molar-refractivity contribution in [2.24, 2.45) is 0 Å². The Morgan fingerprint density at radius 3 is 2.73 bits per heavy atom. The molecule has 30 heavy (non-hydrogen) atoms. The number of amides is 1. The lowest BCUT2D eigenvalue weighted by molar-refractivity contribution is 0.0946. The lowest BCUT2D eigenvalue weighted by Gasteiger charge is -2.08. The molecule has 0 saturated carbocycles. The molecule has 10 heteroatoms. The number of nitrogens with zero attached hydrogens (tertiary/aromatic N) is 5. The van der Waals surface area contributed by atoms with Crippen molar-refractivity contribution >= 4 is 27.5 Å². The van der Waals surface area contributed by atoms with Gasteiger partial charge in [-0.1, -0.05) is 0 Å². The fourth-order valence-electron chi connectivity index (χ4n) is 2.73. The Balaban J connectivity index is 1.40. The van der Waals surface area contributed by atoms with Crippen LogP contribution in [-0.2, 0) is 0 Å². The van der Waals surface area contributed by atoms with Crippen molar-refractivity contribution in [3.05, 3.63) is 64.9 Å². The molecule has 4 aromatic rings. The summed E-state index contributed by atoms with van der Waals surface area (Å²) in [5.74, 6) is 1.52. The smallest absolute Gasteiger partial charge is 0.253 e. The second-order valence-corrected chi connectivity index (χ2v) is 7.11. The van der Waals surface area contributed by atoms with Crippen molar-refractivity contribution in [2.45, 2.75) is 0 Å². The van der Waals surface area contributed by atoms with E-state index in [9.17, 15) is 4.79 Å². The summed E-state index contributed by atoms with van der Waals surface area (Å²) >= 11 is 3.29. The highest BCUT2D eigenvalue weighted by molar-refractivity contribution is 9.10. The van der Waals surface area contributed by atoms with E-state index in [0.717, 1.165) is 15.8 Å². The van der Waals surface area contributed by atoms with E-state index in [-0.39, 0.29) is 12.5 Å². The number of rotatable bonds is 7. The highest BCUT2D eigenvalue weighted by atomic mass is 79.9. The Morgan fingerprint density at radius 1 is 1.13 bits per heavy atom. The number of nitrogens with one attached hydrogen (secondary N) is 1. The van der Waals surface area contributed by atoms with Crippen LogP contribution in [0.3, 0.4) is 0 Å². The van der Waals surface area contributed by atoms with Gasteiger partial charge in [-0.25, -0.2) is 0 Å². The Morgan fingerprint density at radius 2 is 1.97 bits per heavy atom. The van der Waals surface area contributed by atoms with Crippen molar-refractivity contribution < 1.29 is 14.3 Å². The summed E-state index contributed by atoms with van der Waals surface area (Å²) < 4.78 is 13.2. The quantitative estimate of drug-likeness (QED) is 0.415. The van der Waals surface area contributed by atoms with Gasteiger partial charge in [0.2, 0.25) is 5.88 Å². The maximum atomic E-state index is 12.1. The first kappa shape index (κ1) is 19.8. The first-order valence-electron chi connectivity index (χ1n) is 9.02. The minimum atomic E-state index is -0.226. The molecule has 0 spiro atoms. The van der Waals surface area contributed by atoms with Crippen LogP contribution in [0.1, 0.15) is 10.4 Å². The van der Waals surface area contributed by atoms with Gasteiger partial charge in [-0.3, -0.25) is 9.78 Å². The predicted molar refractivity (Wildman–Crippen MR) is 113 cm³/mol. The zero-order valence-corrected chi connectivity index (χ0v) is 17.5. The highest BCUT2D eigenvalue weighted by Gasteiger charge is 2.11. The highest BCUT2D eigenvalue weighted by Crippen LogP contribution is 2.21. The van der Waals surface area contributed by atoms with E-state index in [0.29, 0.717) is 29.5 Å². The van der Waals surface area contributed by atoms with Crippen molar-refractivity contribution in [1.82, 2.24) is 30.1 Å². The van der Waals surface area contributed by atoms with Gasteiger partial charge >= 0.3 is 0 Å². The monoisotopic (exact) mass is 468 g/mol. The Kier molecular flexibility index (Phi) is 5.84. The second kappa shape index (κ2) is 8.87. The summed E-state index contributed by atoms with van der Waals surface area (Å²) in [5.41, 5.74) is 1.92. The van der Waals surface area contributed by atoms with Gasteiger partial charge in [-0.2, -0.15) is 4.52 Å². The molecule has 3 aromatic heterocycles. The molecular formula is C20H17BrN6O3. The Hall–Kier alpha value is -3.53. The van der Waals surface area contributed by atoms with E-state index < -0.39 is 0 Å². The molecule has 0 atom stereocenters. The maximum absolute atomic E-state index is 12.1. The molecule has 0 unspecified atom stereocenters. The van der Waals surface area contributed by atoms with E-state index in [4.69, 9.17) is 9.47 Å². The summed E-state index contributed by atoms with van der Waals surface area (Å²) in [5, 5.41) is 15.6. The molecule has 3 heterocycles. The third-order valence-electron chi connectivity index (χ3n) is 4.19. The Bertz CT molecular complexity index is 1180. The number of hydrogen-bond acceptors (Lipinski definition) is 7. The molecule has 0 fully saturated rings. The lowest BCUT2D eigenvalue weighted by Crippen LogP contribution is -2.28. The van der Waals surface area contributed by atoms with Gasteiger partial charge in [-0.15, -0.1) is 15.3 Å². The van der Waals surface area contributed by atoms with Crippen molar-refractivity contribution in [3.63, 3.8) is 0 Å². The number of carbonyl (C=O) groups is 1. The topological polar surface area (TPSA) is 104 Å². The van der Waals surface area contributed by atoms with Gasteiger partial charge in [0.15, 0.2) is 11.5 Å². The van der Waals surface area contributed by atoms with Gasteiger partial charge in [0.25, 0.3) is 5.91 Å². The standard InChI is InChI=1S/C20H17BrN6O3/c1-29-16-4-2-13(3-5-16)19-25-24-17-6-7-18(26-27(17)19)30-9-8-23-20(28)14-10-15(21)12-22-11-14/h2-7,10-12H,8-9H2,1H3,(H,23,28). The normalized spacial score (nSPS) is 10.7. The van der Waals surface area contributed by atoms with E-state index in [1.807, 2.05) is 24.3 Å². The molecule has 9 nitrogen and oxygen atoms in total. The number of fused-ring (bicyclic) bond motifs is 1. The van der Waals surface area contributed by atoms with Gasteiger partial charge < -0.3 is 14.8 Å². The van der Waals surface area contributed by atoms with Crippen molar-refractivity contribution in [2.75, 3.05) is 20.3 Å². The fraction of sp³-hybridized carbons (Fsp3) is 0.150. The fourth-order valence-corrected chi connectivity index (χ4v) is 3.09. The van der Waals surface area contributed by atoms with Gasteiger partial charge in [-0.05, 0) is 52.3 Å².